The van der Waals surface area contributed by atoms with E-state index in [2.05, 4.69) is 27.8 Å². The monoisotopic (exact) mass is 259 g/mol. The van der Waals surface area contributed by atoms with Crippen molar-refractivity contribution in [2.45, 2.75) is 19.3 Å². The first-order valence-corrected chi connectivity index (χ1v) is 7.15. The molecule has 1 unspecified atom stereocenters. The van der Waals surface area contributed by atoms with Gasteiger partial charge in [0.05, 0.1) is 0 Å². The number of hydrogen-bond donors (Lipinski definition) is 2. The van der Waals surface area contributed by atoms with Gasteiger partial charge in [0.2, 0.25) is 0 Å². The Morgan fingerprint density at radius 3 is 3.32 bits per heavy atom. The van der Waals surface area contributed by atoms with Crippen molar-refractivity contribution >= 4 is 11.1 Å². The molecule has 1 atom stereocenters. The summed E-state index contributed by atoms with van der Waals surface area (Å²) in [4.78, 5) is 4.13. The first-order valence-electron chi connectivity index (χ1n) is 7.15. The first kappa shape index (κ1) is 12.6. The molecule has 1 aliphatic rings. The van der Waals surface area contributed by atoms with Crippen molar-refractivity contribution in [3.05, 3.63) is 30.2 Å². The third-order valence-electron chi connectivity index (χ3n) is 3.82. The van der Waals surface area contributed by atoms with E-state index in [0.717, 1.165) is 43.1 Å². The van der Waals surface area contributed by atoms with Gasteiger partial charge in [-0.3, -0.25) is 0 Å². The zero-order valence-electron chi connectivity index (χ0n) is 11.2. The smallest absolute Gasteiger partial charge is 0.181 e. The minimum Gasteiger partial charge on any atom is -0.443 e. The predicted molar refractivity (Wildman–Crippen MR) is 76.2 cm³/mol. The van der Waals surface area contributed by atoms with E-state index in [1.807, 2.05) is 6.07 Å². The van der Waals surface area contributed by atoms with Gasteiger partial charge in [-0.15, -0.1) is 0 Å². The Morgan fingerprint density at radius 2 is 2.42 bits per heavy atom. The van der Waals surface area contributed by atoms with E-state index in [-0.39, 0.29) is 0 Å². The van der Waals surface area contributed by atoms with Crippen LogP contribution in [0.25, 0.3) is 11.1 Å². The molecule has 1 aliphatic heterocycles. The minimum atomic E-state index is 0.797. The Bertz CT molecular complexity index is 517. The molecular weight excluding hydrogens is 238 g/mol. The van der Waals surface area contributed by atoms with Crippen LogP contribution >= 0.6 is 0 Å². The number of oxazole rings is 1. The summed E-state index contributed by atoms with van der Waals surface area (Å²) < 4.78 is 5.32. The van der Waals surface area contributed by atoms with Gasteiger partial charge in [-0.1, -0.05) is 6.07 Å². The van der Waals surface area contributed by atoms with Crippen molar-refractivity contribution in [3.8, 4) is 0 Å². The SMILES string of the molecule is c1nc2ccc(CCNCC3CCCNC3)cc2o1. The molecule has 1 aromatic carbocycles. The Hall–Kier alpha value is -1.39. The summed E-state index contributed by atoms with van der Waals surface area (Å²) in [6.45, 7) is 4.50. The molecule has 2 N–H and O–H groups in total. The maximum atomic E-state index is 5.32. The van der Waals surface area contributed by atoms with Crippen LogP contribution in [-0.2, 0) is 6.42 Å². The van der Waals surface area contributed by atoms with E-state index < -0.39 is 0 Å². The summed E-state index contributed by atoms with van der Waals surface area (Å²) in [5.74, 6) is 0.797. The van der Waals surface area contributed by atoms with Crippen molar-refractivity contribution < 1.29 is 4.42 Å². The molecule has 4 nitrogen and oxygen atoms in total. The van der Waals surface area contributed by atoms with E-state index in [0.29, 0.717) is 0 Å². The second kappa shape index (κ2) is 6.17. The molecule has 19 heavy (non-hydrogen) atoms. The zero-order valence-corrected chi connectivity index (χ0v) is 11.2. The van der Waals surface area contributed by atoms with Crippen LogP contribution in [0.1, 0.15) is 18.4 Å². The predicted octanol–water partition coefficient (Wildman–Crippen LogP) is 1.96. The number of nitrogens with zero attached hydrogens (tertiary/aromatic N) is 1. The van der Waals surface area contributed by atoms with Gasteiger partial charge in [0.1, 0.15) is 5.52 Å². The molecule has 0 radical (unpaired) electrons. The van der Waals surface area contributed by atoms with Crippen LogP contribution in [-0.4, -0.2) is 31.2 Å². The number of piperidine rings is 1. The molecule has 3 rings (SSSR count). The lowest BCUT2D eigenvalue weighted by Gasteiger charge is -2.22. The molecule has 2 heterocycles. The van der Waals surface area contributed by atoms with Crippen LogP contribution in [0.3, 0.4) is 0 Å². The molecule has 4 heteroatoms. The molecule has 0 amide bonds. The maximum absolute atomic E-state index is 5.32. The van der Waals surface area contributed by atoms with Gasteiger partial charge in [-0.25, -0.2) is 4.98 Å². The van der Waals surface area contributed by atoms with Gasteiger partial charge in [-0.05, 0) is 69.1 Å². The Morgan fingerprint density at radius 1 is 1.42 bits per heavy atom. The van der Waals surface area contributed by atoms with E-state index >= 15 is 0 Å². The minimum absolute atomic E-state index is 0.797. The van der Waals surface area contributed by atoms with E-state index in [1.54, 1.807) is 0 Å². The molecule has 1 saturated heterocycles. The topological polar surface area (TPSA) is 50.1 Å². The maximum Gasteiger partial charge on any atom is 0.181 e. The summed E-state index contributed by atoms with van der Waals surface area (Å²) in [6, 6.07) is 6.25. The number of rotatable bonds is 5. The molecule has 2 aromatic rings. The van der Waals surface area contributed by atoms with E-state index in [1.165, 1.54) is 31.3 Å². The fraction of sp³-hybridized carbons (Fsp3) is 0.533. The lowest BCUT2D eigenvalue weighted by molar-refractivity contribution is 0.361. The highest BCUT2D eigenvalue weighted by atomic mass is 16.3. The molecule has 1 aromatic heterocycles. The van der Waals surface area contributed by atoms with Crippen LogP contribution < -0.4 is 10.6 Å². The number of nitrogens with one attached hydrogen (secondary N) is 2. The average molecular weight is 259 g/mol. The summed E-state index contributed by atoms with van der Waals surface area (Å²) in [5.41, 5.74) is 3.12. The van der Waals surface area contributed by atoms with Gasteiger partial charge >= 0.3 is 0 Å². The molecule has 0 aliphatic carbocycles. The normalized spacial score (nSPS) is 19.9. The number of fused-ring (bicyclic) bond motifs is 1. The second-order valence-corrected chi connectivity index (χ2v) is 5.32. The molecular formula is C15H21N3O. The third-order valence-corrected chi connectivity index (χ3v) is 3.82. The second-order valence-electron chi connectivity index (χ2n) is 5.32. The van der Waals surface area contributed by atoms with Crippen LogP contribution in [0.5, 0.6) is 0 Å². The Kier molecular flexibility index (Phi) is 4.10. The lowest BCUT2D eigenvalue weighted by atomic mass is 10.00. The van der Waals surface area contributed by atoms with Gasteiger partial charge in [0.15, 0.2) is 12.0 Å². The molecule has 1 fully saturated rings. The van der Waals surface area contributed by atoms with E-state index in [4.69, 9.17) is 4.42 Å². The highest BCUT2D eigenvalue weighted by Crippen LogP contribution is 2.14. The summed E-state index contributed by atoms with van der Waals surface area (Å²) >= 11 is 0. The van der Waals surface area contributed by atoms with Crippen LogP contribution in [0.4, 0.5) is 0 Å². The van der Waals surface area contributed by atoms with Crippen molar-refractivity contribution in [2.24, 2.45) is 5.92 Å². The van der Waals surface area contributed by atoms with E-state index in [9.17, 15) is 0 Å². The van der Waals surface area contributed by atoms with Crippen LogP contribution in [0.2, 0.25) is 0 Å². The average Bonchev–Trinajstić information content (AvgIpc) is 2.92. The number of aromatic nitrogens is 1. The highest BCUT2D eigenvalue weighted by Gasteiger charge is 2.11. The molecule has 0 spiro atoms. The van der Waals surface area contributed by atoms with Crippen molar-refractivity contribution in [1.29, 1.82) is 0 Å². The van der Waals surface area contributed by atoms with Gasteiger partial charge in [0, 0.05) is 0 Å². The summed E-state index contributed by atoms with van der Waals surface area (Å²) in [6.07, 6.45) is 5.21. The summed E-state index contributed by atoms with van der Waals surface area (Å²) in [7, 11) is 0. The fourth-order valence-corrected chi connectivity index (χ4v) is 2.69. The van der Waals surface area contributed by atoms with Crippen LogP contribution in [0.15, 0.2) is 29.0 Å². The van der Waals surface area contributed by atoms with Gasteiger partial charge in [0.25, 0.3) is 0 Å². The fourth-order valence-electron chi connectivity index (χ4n) is 2.69. The molecule has 102 valence electrons. The standard InChI is InChI=1S/C15H21N3O/c1-2-13(9-16-6-1)10-17-7-5-12-3-4-14-15(8-12)19-11-18-14/h3-4,8,11,13,16-17H,1-2,5-7,9-10H2. The van der Waals surface area contributed by atoms with Crippen molar-refractivity contribution in [2.75, 3.05) is 26.2 Å². The number of benzene rings is 1. The van der Waals surface area contributed by atoms with Crippen molar-refractivity contribution in [1.82, 2.24) is 15.6 Å². The lowest BCUT2D eigenvalue weighted by Crippen LogP contribution is -2.36. The molecule has 0 bridgehead atoms. The molecule has 0 saturated carbocycles. The Balaban J connectivity index is 1.43. The van der Waals surface area contributed by atoms with Crippen LogP contribution in [0, 0.1) is 5.92 Å². The number of hydrogen-bond acceptors (Lipinski definition) is 4. The highest BCUT2D eigenvalue weighted by molar-refractivity contribution is 5.72. The summed E-state index contributed by atoms with van der Waals surface area (Å²) in [5, 5.41) is 7.01. The largest absolute Gasteiger partial charge is 0.443 e. The first-order chi connectivity index (χ1) is 9.42. The Labute approximate surface area is 113 Å². The quantitative estimate of drug-likeness (QED) is 0.806. The zero-order chi connectivity index (χ0) is 12.9. The van der Waals surface area contributed by atoms with Gasteiger partial charge in [-0.2, -0.15) is 0 Å². The van der Waals surface area contributed by atoms with Gasteiger partial charge < -0.3 is 15.1 Å². The third kappa shape index (κ3) is 3.33. The van der Waals surface area contributed by atoms with Crippen molar-refractivity contribution in [3.63, 3.8) is 0 Å².